The molecular weight excluding hydrogens is 287 g/mol. The minimum absolute atomic E-state index is 0.0110. The minimum atomic E-state index is -3.43. The molecule has 0 saturated carbocycles. The Kier molecular flexibility index (Phi) is 6.09. The van der Waals surface area contributed by atoms with E-state index in [1.54, 1.807) is 13.8 Å². The van der Waals surface area contributed by atoms with Crippen molar-refractivity contribution in [3.8, 4) is 0 Å². The molecule has 0 aromatic carbocycles. The predicted molar refractivity (Wildman–Crippen MR) is 73.4 cm³/mol. The molecule has 0 bridgehead atoms. The summed E-state index contributed by atoms with van der Waals surface area (Å²) in [7, 11) is -3.43. The van der Waals surface area contributed by atoms with Crippen LogP contribution in [0.15, 0.2) is 21.6 Å². The topological polar surface area (TPSA) is 111 Å². The van der Waals surface area contributed by atoms with E-state index in [9.17, 15) is 14.2 Å². The number of hydrogen-bond donors (Lipinski definition) is 2. The number of aromatic amines is 1. The van der Waals surface area contributed by atoms with E-state index < -0.39 is 25.5 Å². The quantitative estimate of drug-likeness (QED) is 0.718. The number of aromatic nitrogens is 2. The van der Waals surface area contributed by atoms with Crippen LogP contribution >= 0.6 is 7.60 Å². The highest BCUT2D eigenvalue weighted by atomic mass is 31.2. The maximum absolute atomic E-state index is 12.2. The summed E-state index contributed by atoms with van der Waals surface area (Å²) in [5, 5.41) is 8.97. The number of H-pyrrole nitrogens is 1. The molecule has 0 fully saturated rings. The van der Waals surface area contributed by atoms with Gasteiger partial charge in [0.2, 0.25) is 0 Å². The molecule has 0 saturated heterocycles. The molecular formula is C11H17N2O6P. The summed E-state index contributed by atoms with van der Waals surface area (Å²) < 4.78 is 23.2. The highest BCUT2D eigenvalue weighted by molar-refractivity contribution is 7.57. The number of rotatable bonds is 7. The molecule has 20 heavy (non-hydrogen) atoms. The maximum atomic E-state index is 12.2. The molecule has 8 nitrogen and oxygen atoms in total. The van der Waals surface area contributed by atoms with Gasteiger partial charge in [0.05, 0.1) is 25.4 Å². The van der Waals surface area contributed by atoms with Crippen LogP contribution in [0.2, 0.25) is 0 Å². The molecule has 0 radical (unpaired) electrons. The summed E-state index contributed by atoms with van der Waals surface area (Å²) in [5.41, 5.74) is -1.38. The van der Waals surface area contributed by atoms with E-state index in [2.05, 4.69) is 0 Å². The van der Waals surface area contributed by atoms with Gasteiger partial charge in [-0.2, -0.15) is 0 Å². The molecule has 112 valence electrons. The lowest BCUT2D eigenvalue weighted by atomic mass is 10.3. The van der Waals surface area contributed by atoms with Crippen LogP contribution in [-0.2, 0) is 20.2 Å². The Morgan fingerprint density at radius 3 is 2.45 bits per heavy atom. The molecule has 1 rings (SSSR count). The highest BCUT2D eigenvalue weighted by Gasteiger charge is 2.19. The number of aliphatic hydroxyl groups excluding tert-OH is 1. The second kappa shape index (κ2) is 7.35. The average molecular weight is 304 g/mol. The molecule has 0 spiro atoms. The van der Waals surface area contributed by atoms with Gasteiger partial charge in [-0.15, -0.1) is 0 Å². The van der Waals surface area contributed by atoms with Gasteiger partial charge in [-0.3, -0.25) is 18.9 Å². The second-order valence-electron chi connectivity index (χ2n) is 3.65. The maximum Gasteiger partial charge on any atom is 0.355 e. The van der Waals surface area contributed by atoms with Crippen LogP contribution in [0.4, 0.5) is 0 Å². The van der Waals surface area contributed by atoms with Crippen LogP contribution in [0.5, 0.6) is 0 Å². The van der Waals surface area contributed by atoms with E-state index in [1.165, 1.54) is 6.20 Å². The van der Waals surface area contributed by atoms with Crippen LogP contribution in [0.1, 0.15) is 19.4 Å². The van der Waals surface area contributed by atoms with Crippen molar-refractivity contribution in [2.75, 3.05) is 13.2 Å². The van der Waals surface area contributed by atoms with Gasteiger partial charge in [0.25, 0.3) is 5.56 Å². The summed E-state index contributed by atoms with van der Waals surface area (Å²) in [6.45, 7) is 3.18. The first-order valence-corrected chi connectivity index (χ1v) is 7.60. The fourth-order valence-corrected chi connectivity index (χ4v) is 2.66. The Labute approximate surface area is 115 Å². The van der Waals surface area contributed by atoms with Gasteiger partial charge in [-0.1, -0.05) is 0 Å². The molecule has 9 heteroatoms. The molecule has 1 heterocycles. The number of nitrogens with zero attached hydrogens (tertiary/aromatic N) is 1. The van der Waals surface area contributed by atoms with Gasteiger partial charge in [0.1, 0.15) is 0 Å². The minimum Gasteiger partial charge on any atom is -0.391 e. The third-order valence-electron chi connectivity index (χ3n) is 2.24. The molecule has 0 amide bonds. The van der Waals surface area contributed by atoms with Crippen molar-refractivity contribution in [2.45, 2.75) is 20.5 Å². The van der Waals surface area contributed by atoms with Gasteiger partial charge < -0.3 is 14.2 Å². The van der Waals surface area contributed by atoms with Crippen molar-refractivity contribution in [3.63, 3.8) is 0 Å². The Balaban J connectivity index is 3.14. The Morgan fingerprint density at radius 2 is 1.95 bits per heavy atom. The predicted octanol–water partition coefficient (Wildman–Crippen LogP) is 0.723. The lowest BCUT2D eigenvalue weighted by molar-refractivity contribution is 0.229. The van der Waals surface area contributed by atoms with Crippen molar-refractivity contribution in [1.29, 1.82) is 0 Å². The molecule has 0 aliphatic rings. The Bertz CT molecular complexity index is 623. The molecule has 2 N–H and O–H groups in total. The summed E-state index contributed by atoms with van der Waals surface area (Å²) in [6, 6.07) is 0. The smallest absolute Gasteiger partial charge is 0.355 e. The standard InChI is InChI=1S/C11H17N2O6P/c1-3-18-20(17,19-4-2)6-5-13-7-9(8-14)10(15)12-11(13)16/h5-7,14H,3-4,8H2,1-2H3,(H,12,15,16)/b6-5+. The zero-order chi connectivity index (χ0) is 15.2. The van der Waals surface area contributed by atoms with Crippen LogP contribution in [-0.4, -0.2) is 27.9 Å². The molecule has 0 aliphatic carbocycles. The zero-order valence-electron chi connectivity index (χ0n) is 11.2. The highest BCUT2D eigenvalue weighted by Crippen LogP contribution is 2.49. The first kappa shape index (κ1) is 16.6. The van der Waals surface area contributed by atoms with Crippen LogP contribution < -0.4 is 11.2 Å². The van der Waals surface area contributed by atoms with Crippen LogP contribution in [0.25, 0.3) is 6.20 Å². The van der Waals surface area contributed by atoms with Gasteiger partial charge in [-0.25, -0.2) is 4.79 Å². The van der Waals surface area contributed by atoms with Crippen molar-refractivity contribution in [3.05, 3.63) is 38.4 Å². The molecule has 0 aliphatic heterocycles. The van der Waals surface area contributed by atoms with Crippen LogP contribution in [0, 0.1) is 0 Å². The van der Waals surface area contributed by atoms with E-state index >= 15 is 0 Å². The van der Waals surface area contributed by atoms with E-state index in [1.807, 2.05) is 4.98 Å². The SMILES string of the molecule is CCOP(=O)(/C=C/n1cc(CO)c(=O)[nH]c1=O)OCC. The van der Waals surface area contributed by atoms with Crippen LogP contribution in [0.3, 0.4) is 0 Å². The lowest BCUT2D eigenvalue weighted by Crippen LogP contribution is -2.29. The number of nitrogens with one attached hydrogen (secondary N) is 1. The van der Waals surface area contributed by atoms with Gasteiger partial charge >= 0.3 is 13.3 Å². The average Bonchev–Trinajstić information content (AvgIpc) is 2.38. The van der Waals surface area contributed by atoms with Gasteiger partial charge in [0, 0.05) is 18.2 Å². The third kappa shape index (κ3) is 4.28. The summed E-state index contributed by atoms with van der Waals surface area (Å²) in [4.78, 5) is 24.8. The zero-order valence-corrected chi connectivity index (χ0v) is 12.1. The van der Waals surface area contributed by atoms with E-state index in [-0.39, 0.29) is 18.8 Å². The van der Waals surface area contributed by atoms with Gasteiger partial charge in [0.15, 0.2) is 0 Å². The van der Waals surface area contributed by atoms with Crippen molar-refractivity contribution in [1.82, 2.24) is 9.55 Å². The largest absolute Gasteiger partial charge is 0.391 e. The fourth-order valence-electron chi connectivity index (χ4n) is 1.39. The molecule has 0 unspecified atom stereocenters. The van der Waals surface area contributed by atoms with Crippen molar-refractivity contribution in [2.24, 2.45) is 0 Å². The van der Waals surface area contributed by atoms with Crippen molar-refractivity contribution < 1.29 is 18.7 Å². The third-order valence-corrected chi connectivity index (χ3v) is 3.97. The first-order valence-electron chi connectivity index (χ1n) is 5.99. The van der Waals surface area contributed by atoms with E-state index in [0.717, 1.165) is 16.6 Å². The number of aliphatic hydroxyl groups is 1. The molecule has 0 atom stereocenters. The summed E-state index contributed by atoms with van der Waals surface area (Å²) in [6.07, 6.45) is 2.32. The normalized spacial score (nSPS) is 12.2. The van der Waals surface area contributed by atoms with Crippen molar-refractivity contribution >= 4 is 13.8 Å². The molecule has 1 aromatic heterocycles. The van der Waals surface area contributed by atoms with E-state index in [0.29, 0.717) is 0 Å². The van der Waals surface area contributed by atoms with E-state index in [4.69, 9.17) is 14.2 Å². The number of hydrogen-bond acceptors (Lipinski definition) is 6. The fraction of sp³-hybridized carbons (Fsp3) is 0.455. The lowest BCUT2D eigenvalue weighted by Gasteiger charge is -2.12. The second-order valence-corrected chi connectivity index (χ2v) is 5.55. The Morgan fingerprint density at radius 1 is 1.35 bits per heavy atom. The van der Waals surface area contributed by atoms with Gasteiger partial charge in [-0.05, 0) is 13.8 Å². The monoisotopic (exact) mass is 304 g/mol. The first-order chi connectivity index (χ1) is 9.45. The Hall–Kier alpha value is -1.47. The molecule has 1 aromatic rings. The summed E-state index contributed by atoms with van der Waals surface area (Å²) in [5.74, 6) is 1.13. The summed E-state index contributed by atoms with van der Waals surface area (Å²) >= 11 is 0.